The second-order valence-corrected chi connectivity index (χ2v) is 5.03. The number of carboxylic acids is 1. The monoisotopic (exact) mass is 196 g/mol. The standard InChI is InChI=1S/C7H12O2S.ClH/c8-7(9)3-6-10-4-1-2-5-10;/h1-6H2;1H. The summed E-state index contributed by atoms with van der Waals surface area (Å²) in [5.41, 5.74) is 0. The molecule has 0 spiro atoms. The van der Waals surface area contributed by atoms with E-state index in [0.29, 0.717) is 17.3 Å². The fourth-order valence-corrected chi connectivity index (χ4v) is 3.45. The molecule has 0 bridgehead atoms. The van der Waals surface area contributed by atoms with Crippen molar-refractivity contribution >= 4 is 16.9 Å². The van der Waals surface area contributed by atoms with Crippen LogP contribution < -0.4 is 12.4 Å². The lowest BCUT2D eigenvalue weighted by atomic mass is 10.4. The fraction of sp³-hybridized carbons (Fsp3) is 0.857. The number of hydrogen-bond donors (Lipinski definition) is 1. The summed E-state index contributed by atoms with van der Waals surface area (Å²) in [5.74, 6) is 2.86. The maximum Gasteiger partial charge on any atom is 0.308 e. The summed E-state index contributed by atoms with van der Waals surface area (Å²) < 4.78 is 0. The first-order valence-electron chi connectivity index (χ1n) is 3.65. The maximum absolute atomic E-state index is 10.2. The molecule has 1 aliphatic rings. The van der Waals surface area contributed by atoms with Gasteiger partial charge in [-0.15, -0.1) is 0 Å². The third-order valence-corrected chi connectivity index (χ3v) is 4.23. The van der Waals surface area contributed by atoms with Crippen LogP contribution in [0.25, 0.3) is 0 Å². The Balaban J connectivity index is 0.000001000. The number of rotatable bonds is 3. The van der Waals surface area contributed by atoms with Crippen molar-refractivity contribution in [1.82, 2.24) is 0 Å². The molecule has 0 unspecified atom stereocenters. The molecule has 0 saturated carbocycles. The van der Waals surface area contributed by atoms with Crippen LogP contribution in [0.3, 0.4) is 0 Å². The fourth-order valence-electron chi connectivity index (χ4n) is 1.15. The zero-order chi connectivity index (χ0) is 7.40. The van der Waals surface area contributed by atoms with Gasteiger partial charge in [-0.25, -0.2) is 0 Å². The molecule has 4 heteroatoms. The van der Waals surface area contributed by atoms with Gasteiger partial charge < -0.3 is 17.5 Å². The van der Waals surface area contributed by atoms with Crippen LogP contribution in [0.2, 0.25) is 0 Å². The Morgan fingerprint density at radius 2 is 1.91 bits per heavy atom. The average Bonchev–Trinajstić information content (AvgIpc) is 2.34. The molecule has 66 valence electrons. The van der Waals surface area contributed by atoms with Gasteiger partial charge in [-0.1, -0.05) is 0 Å². The third-order valence-electron chi connectivity index (χ3n) is 1.72. The van der Waals surface area contributed by atoms with Crippen LogP contribution in [0.15, 0.2) is 0 Å². The lowest BCUT2D eigenvalue weighted by molar-refractivity contribution is -0.136. The second-order valence-electron chi connectivity index (χ2n) is 2.58. The van der Waals surface area contributed by atoms with E-state index in [4.69, 9.17) is 5.11 Å². The molecule has 0 aromatic rings. The highest BCUT2D eigenvalue weighted by Gasteiger charge is 2.23. The Morgan fingerprint density at radius 3 is 2.36 bits per heavy atom. The van der Waals surface area contributed by atoms with Crippen LogP contribution in [-0.4, -0.2) is 28.3 Å². The largest absolute Gasteiger partial charge is 1.00 e. The number of aliphatic carboxylic acids is 1. The van der Waals surface area contributed by atoms with Gasteiger partial charge in [-0.05, 0) is 23.7 Å². The molecule has 11 heavy (non-hydrogen) atoms. The molecule has 0 atom stereocenters. The highest BCUT2D eigenvalue weighted by atomic mass is 35.5. The summed E-state index contributed by atoms with van der Waals surface area (Å²) in [6, 6.07) is 0. The van der Waals surface area contributed by atoms with Crippen LogP contribution in [-0.2, 0) is 15.7 Å². The molecule has 2 nitrogen and oxygen atoms in total. The van der Waals surface area contributed by atoms with Crippen LogP contribution in [0.4, 0.5) is 0 Å². The van der Waals surface area contributed by atoms with E-state index in [-0.39, 0.29) is 12.4 Å². The quantitative estimate of drug-likeness (QED) is 0.524. The topological polar surface area (TPSA) is 37.3 Å². The second kappa shape index (κ2) is 5.72. The Bertz CT molecular complexity index is 124. The van der Waals surface area contributed by atoms with Crippen molar-refractivity contribution in [1.29, 1.82) is 0 Å². The van der Waals surface area contributed by atoms with Crippen molar-refractivity contribution < 1.29 is 22.3 Å². The van der Waals surface area contributed by atoms with Gasteiger partial charge in [-0.3, -0.25) is 4.79 Å². The van der Waals surface area contributed by atoms with E-state index in [2.05, 4.69) is 0 Å². The lowest BCUT2D eigenvalue weighted by Crippen LogP contribution is -3.00. The zero-order valence-electron chi connectivity index (χ0n) is 6.38. The van der Waals surface area contributed by atoms with Gasteiger partial charge >= 0.3 is 5.97 Å². The zero-order valence-corrected chi connectivity index (χ0v) is 7.96. The Hall–Kier alpha value is 0.110. The van der Waals surface area contributed by atoms with Crippen LogP contribution >= 0.6 is 0 Å². The highest BCUT2D eigenvalue weighted by molar-refractivity contribution is 7.97. The number of carbonyl (C=O) groups is 1. The van der Waals surface area contributed by atoms with Gasteiger partial charge in [-0.2, -0.15) is 0 Å². The SMILES string of the molecule is O=C(O)CC[S+]1CCCC1.[Cl-]. The van der Waals surface area contributed by atoms with E-state index in [1.165, 1.54) is 24.3 Å². The first kappa shape index (κ1) is 11.1. The summed E-state index contributed by atoms with van der Waals surface area (Å²) in [6.45, 7) is 0. The van der Waals surface area contributed by atoms with Gasteiger partial charge in [0.25, 0.3) is 0 Å². The molecular formula is C7H13ClO2S. The van der Waals surface area contributed by atoms with Crippen molar-refractivity contribution in [3.05, 3.63) is 0 Å². The number of hydrogen-bond acceptors (Lipinski definition) is 1. The molecule has 0 amide bonds. The van der Waals surface area contributed by atoms with Crippen LogP contribution in [0, 0.1) is 0 Å². The van der Waals surface area contributed by atoms with Crippen molar-refractivity contribution in [2.75, 3.05) is 17.3 Å². The summed E-state index contributed by atoms with van der Waals surface area (Å²) in [4.78, 5) is 10.2. The molecule has 1 aliphatic heterocycles. The van der Waals surface area contributed by atoms with E-state index >= 15 is 0 Å². The van der Waals surface area contributed by atoms with Gasteiger partial charge in [0.2, 0.25) is 0 Å². The molecule has 1 saturated heterocycles. The van der Waals surface area contributed by atoms with Crippen LogP contribution in [0.5, 0.6) is 0 Å². The van der Waals surface area contributed by atoms with Gasteiger partial charge in [0.15, 0.2) is 0 Å². The molecular weight excluding hydrogens is 184 g/mol. The Labute approximate surface area is 76.1 Å². The van der Waals surface area contributed by atoms with Crippen LogP contribution in [0.1, 0.15) is 19.3 Å². The van der Waals surface area contributed by atoms with Gasteiger partial charge in [0, 0.05) is 0 Å². The number of carboxylic acid groups (broad SMARTS) is 1. The van der Waals surface area contributed by atoms with E-state index in [1.54, 1.807) is 0 Å². The predicted molar refractivity (Wildman–Crippen MR) is 43.5 cm³/mol. The highest BCUT2D eigenvalue weighted by Crippen LogP contribution is 2.13. The molecule has 0 radical (unpaired) electrons. The van der Waals surface area contributed by atoms with Crippen molar-refractivity contribution in [3.63, 3.8) is 0 Å². The third kappa shape index (κ3) is 4.53. The summed E-state index contributed by atoms with van der Waals surface area (Å²) in [5, 5.41) is 8.38. The smallest absolute Gasteiger partial charge is 0.308 e. The molecule has 0 aromatic heterocycles. The molecule has 1 N–H and O–H groups in total. The molecule has 1 fully saturated rings. The minimum atomic E-state index is -0.639. The van der Waals surface area contributed by atoms with E-state index in [1.807, 2.05) is 0 Å². The first-order valence-corrected chi connectivity index (χ1v) is 5.38. The van der Waals surface area contributed by atoms with Crippen molar-refractivity contribution in [2.24, 2.45) is 0 Å². The summed E-state index contributed by atoms with van der Waals surface area (Å²) in [7, 11) is 0.471. The molecule has 0 aromatic carbocycles. The molecule has 1 rings (SSSR count). The summed E-state index contributed by atoms with van der Waals surface area (Å²) >= 11 is 0. The van der Waals surface area contributed by atoms with E-state index in [0.717, 1.165) is 5.75 Å². The Morgan fingerprint density at radius 1 is 1.36 bits per heavy atom. The van der Waals surface area contributed by atoms with E-state index < -0.39 is 5.97 Å². The molecule has 1 heterocycles. The lowest BCUT2D eigenvalue weighted by Gasteiger charge is -1.95. The minimum absolute atomic E-state index is 0. The van der Waals surface area contributed by atoms with Crippen molar-refractivity contribution in [2.45, 2.75) is 19.3 Å². The summed E-state index contributed by atoms with van der Waals surface area (Å²) in [6.07, 6.45) is 3.02. The first-order chi connectivity index (χ1) is 4.79. The van der Waals surface area contributed by atoms with Crippen molar-refractivity contribution in [3.8, 4) is 0 Å². The van der Waals surface area contributed by atoms with Gasteiger partial charge in [0.1, 0.15) is 17.3 Å². The average molecular weight is 197 g/mol. The Kier molecular flexibility index (Phi) is 5.78. The minimum Gasteiger partial charge on any atom is -1.00 e. The molecule has 0 aliphatic carbocycles. The number of halogens is 1. The predicted octanol–water partition coefficient (Wildman–Crippen LogP) is -2.12. The maximum atomic E-state index is 10.2. The van der Waals surface area contributed by atoms with E-state index in [9.17, 15) is 4.79 Å². The van der Waals surface area contributed by atoms with Gasteiger partial charge in [0.05, 0.1) is 6.42 Å². The normalized spacial score (nSPS) is 17.8.